The van der Waals surface area contributed by atoms with E-state index in [0.29, 0.717) is 53.2 Å². The number of ether oxygens (including phenoxy) is 1. The Bertz CT molecular complexity index is 1850. The van der Waals surface area contributed by atoms with Gasteiger partial charge >= 0.3 is 6.09 Å². The molecule has 2 aromatic heterocycles. The van der Waals surface area contributed by atoms with Crippen molar-refractivity contribution in [2.24, 2.45) is 0 Å². The Morgan fingerprint density at radius 1 is 1.11 bits per heavy atom. The fraction of sp³-hybridized carbons (Fsp3) is 0.375. The van der Waals surface area contributed by atoms with Gasteiger partial charge in [0.2, 0.25) is 0 Å². The van der Waals surface area contributed by atoms with Gasteiger partial charge in [0.05, 0.1) is 42.8 Å². The Morgan fingerprint density at radius 3 is 2.56 bits per heavy atom. The summed E-state index contributed by atoms with van der Waals surface area (Å²) in [5.74, 6) is -0.153. The van der Waals surface area contributed by atoms with E-state index in [2.05, 4.69) is 4.98 Å². The van der Waals surface area contributed by atoms with Crippen molar-refractivity contribution in [3.63, 3.8) is 0 Å². The first-order chi connectivity index (χ1) is 21.4. The zero-order chi connectivity index (χ0) is 32.0. The number of likely N-dealkylation sites (tertiary alicyclic amines) is 1. The number of aryl methyl sites for hydroxylation is 1. The monoisotopic (exact) mass is 653 g/mol. The molecule has 2 saturated heterocycles. The normalized spacial score (nSPS) is 20.0. The van der Waals surface area contributed by atoms with Crippen molar-refractivity contribution < 1.29 is 24.5 Å². The molecule has 0 aliphatic carbocycles. The summed E-state index contributed by atoms with van der Waals surface area (Å²) in [5, 5.41) is 22.2. The molecule has 0 unspecified atom stereocenters. The minimum absolute atomic E-state index is 0.0206. The summed E-state index contributed by atoms with van der Waals surface area (Å²) >= 11 is 12.7. The fourth-order valence-corrected chi connectivity index (χ4v) is 6.77. The van der Waals surface area contributed by atoms with Crippen LogP contribution in [0.25, 0.3) is 16.7 Å². The van der Waals surface area contributed by atoms with Gasteiger partial charge in [-0.25, -0.2) is 9.78 Å². The molecule has 2 aliphatic rings. The second kappa shape index (κ2) is 12.1. The van der Waals surface area contributed by atoms with Crippen LogP contribution in [0.1, 0.15) is 47.3 Å². The zero-order valence-corrected chi connectivity index (χ0v) is 26.3. The Labute approximate surface area is 269 Å². The number of carbonyl (C=O) groups excluding carboxylic acids is 1. The zero-order valence-electron chi connectivity index (χ0n) is 24.8. The van der Waals surface area contributed by atoms with Crippen LogP contribution in [-0.4, -0.2) is 84.1 Å². The number of halogens is 2. The van der Waals surface area contributed by atoms with Crippen molar-refractivity contribution in [2.75, 3.05) is 26.2 Å². The molecule has 6 rings (SSSR count). The molecule has 2 aromatic carbocycles. The molecule has 4 aromatic rings. The molecule has 2 fully saturated rings. The molecule has 236 valence electrons. The maximum Gasteiger partial charge on any atom is 0.407 e. The van der Waals surface area contributed by atoms with E-state index in [1.807, 2.05) is 32.0 Å². The Balaban J connectivity index is 1.21. The lowest BCUT2D eigenvalue weighted by Crippen LogP contribution is -2.49. The van der Waals surface area contributed by atoms with Gasteiger partial charge in [-0.2, -0.15) is 0 Å². The average Bonchev–Trinajstić information content (AvgIpc) is 3.35. The quantitative estimate of drug-likeness (QED) is 0.313. The number of hydrogen-bond acceptors (Lipinski definition) is 6. The second-order valence-electron chi connectivity index (χ2n) is 11.9. The number of amides is 2. The van der Waals surface area contributed by atoms with E-state index < -0.39 is 17.7 Å². The minimum Gasteiger partial charge on any atom is -0.465 e. The van der Waals surface area contributed by atoms with E-state index in [1.165, 1.54) is 15.8 Å². The number of morpholine rings is 1. The van der Waals surface area contributed by atoms with Gasteiger partial charge in [-0.1, -0.05) is 35.3 Å². The number of carbonyl (C=O) groups is 2. The number of aliphatic hydroxyl groups is 1. The third-order valence-electron chi connectivity index (χ3n) is 8.74. The van der Waals surface area contributed by atoms with Crippen molar-refractivity contribution in [1.82, 2.24) is 23.9 Å². The van der Waals surface area contributed by atoms with E-state index in [9.17, 15) is 24.6 Å². The smallest absolute Gasteiger partial charge is 0.407 e. The summed E-state index contributed by atoms with van der Waals surface area (Å²) in [4.78, 5) is 46.1. The van der Waals surface area contributed by atoms with Gasteiger partial charge in [0.1, 0.15) is 11.5 Å². The summed E-state index contributed by atoms with van der Waals surface area (Å²) in [6, 6.07) is 13.4. The predicted molar refractivity (Wildman–Crippen MR) is 170 cm³/mol. The van der Waals surface area contributed by atoms with Gasteiger partial charge in [0.25, 0.3) is 11.5 Å². The SMILES string of the molecule is Cc1cc(-n2c(Cl)cc3c(=O)n(CC4(O)CCN(C(=O)c5cccc(Cl)c5)CC4)cnc32)ccc1[C@H]1CO[C@H](C)CN1C(=O)O. The summed E-state index contributed by atoms with van der Waals surface area (Å²) in [6.45, 7) is 4.96. The summed E-state index contributed by atoms with van der Waals surface area (Å²) in [7, 11) is 0. The van der Waals surface area contributed by atoms with Gasteiger partial charge in [0, 0.05) is 29.4 Å². The molecule has 2 aliphatic heterocycles. The van der Waals surface area contributed by atoms with Crippen LogP contribution in [0.2, 0.25) is 10.2 Å². The molecule has 0 radical (unpaired) electrons. The highest BCUT2D eigenvalue weighted by Gasteiger charge is 2.36. The third-order valence-corrected chi connectivity index (χ3v) is 9.26. The fourth-order valence-electron chi connectivity index (χ4n) is 6.29. The van der Waals surface area contributed by atoms with E-state index >= 15 is 0 Å². The number of carboxylic acid groups (broad SMARTS) is 1. The number of nitrogens with zero attached hydrogens (tertiary/aromatic N) is 5. The number of aromatic nitrogens is 3. The maximum atomic E-state index is 13.6. The maximum absolute atomic E-state index is 13.6. The predicted octanol–water partition coefficient (Wildman–Crippen LogP) is 4.91. The average molecular weight is 655 g/mol. The lowest BCUT2D eigenvalue weighted by molar-refractivity contribution is -0.0466. The number of fused-ring (bicyclic) bond motifs is 1. The molecule has 0 bridgehead atoms. The highest BCUT2D eigenvalue weighted by molar-refractivity contribution is 6.31. The summed E-state index contributed by atoms with van der Waals surface area (Å²) in [6.07, 6.45) is 0.809. The Kier molecular flexibility index (Phi) is 8.38. The molecule has 4 heterocycles. The van der Waals surface area contributed by atoms with Gasteiger partial charge in [-0.05, 0) is 74.2 Å². The van der Waals surface area contributed by atoms with E-state index in [-0.39, 0.29) is 42.4 Å². The van der Waals surface area contributed by atoms with Gasteiger partial charge in [-0.3, -0.25) is 23.6 Å². The van der Waals surface area contributed by atoms with Crippen LogP contribution in [0.5, 0.6) is 0 Å². The molecule has 11 nitrogen and oxygen atoms in total. The highest BCUT2D eigenvalue weighted by atomic mass is 35.5. The number of hydrogen-bond donors (Lipinski definition) is 2. The molecule has 2 amide bonds. The molecule has 45 heavy (non-hydrogen) atoms. The van der Waals surface area contributed by atoms with Crippen LogP contribution in [0.3, 0.4) is 0 Å². The topological polar surface area (TPSA) is 130 Å². The first-order valence-electron chi connectivity index (χ1n) is 14.7. The number of rotatable bonds is 5. The molecule has 0 spiro atoms. The van der Waals surface area contributed by atoms with Crippen LogP contribution >= 0.6 is 23.2 Å². The van der Waals surface area contributed by atoms with Crippen LogP contribution in [0.15, 0.2) is 59.7 Å². The molecule has 0 saturated carbocycles. The van der Waals surface area contributed by atoms with Crippen molar-refractivity contribution >= 4 is 46.2 Å². The standard InChI is InChI=1S/C32H33Cl2N5O6/c1-19-12-23(6-7-24(19)26-16-45-20(2)15-38(26)31(42)43)39-27(34)14-25-28(39)35-18-37(30(25)41)17-32(44)8-10-36(11-9-32)29(40)21-4-3-5-22(33)13-21/h3-7,12-14,18,20,26,44H,8-11,15-17H2,1-2H3,(H,42,43)/t20-,26-/m1/s1. The Hall–Kier alpha value is -3.90. The van der Waals surface area contributed by atoms with Crippen molar-refractivity contribution in [3.05, 3.63) is 92.1 Å². The van der Waals surface area contributed by atoms with E-state index in [1.54, 1.807) is 39.8 Å². The Morgan fingerprint density at radius 2 is 1.87 bits per heavy atom. The number of benzene rings is 2. The largest absolute Gasteiger partial charge is 0.465 e. The molecular weight excluding hydrogens is 621 g/mol. The van der Waals surface area contributed by atoms with E-state index in [0.717, 1.165) is 11.1 Å². The first-order valence-corrected chi connectivity index (χ1v) is 15.5. The highest BCUT2D eigenvalue weighted by Crippen LogP contribution is 2.32. The van der Waals surface area contributed by atoms with Gasteiger partial charge in [-0.15, -0.1) is 0 Å². The summed E-state index contributed by atoms with van der Waals surface area (Å²) < 4.78 is 8.82. The van der Waals surface area contributed by atoms with E-state index in [4.69, 9.17) is 27.9 Å². The van der Waals surface area contributed by atoms with Crippen LogP contribution < -0.4 is 5.56 Å². The van der Waals surface area contributed by atoms with Crippen molar-refractivity contribution in [2.45, 2.75) is 51.0 Å². The first kappa shape index (κ1) is 31.1. The molecule has 2 N–H and O–H groups in total. The molecule has 13 heteroatoms. The lowest BCUT2D eigenvalue weighted by Gasteiger charge is -2.38. The van der Waals surface area contributed by atoms with Crippen LogP contribution in [0.4, 0.5) is 4.79 Å². The van der Waals surface area contributed by atoms with Crippen molar-refractivity contribution in [1.29, 1.82) is 0 Å². The third kappa shape index (κ3) is 6.05. The molecule has 2 atom stereocenters. The summed E-state index contributed by atoms with van der Waals surface area (Å²) in [5.41, 5.74) is 1.65. The number of piperidine rings is 1. The minimum atomic E-state index is -1.20. The van der Waals surface area contributed by atoms with Crippen LogP contribution in [0, 0.1) is 6.92 Å². The van der Waals surface area contributed by atoms with Gasteiger partial charge < -0.3 is 19.8 Å². The van der Waals surface area contributed by atoms with Crippen molar-refractivity contribution in [3.8, 4) is 5.69 Å². The second-order valence-corrected chi connectivity index (χ2v) is 12.7. The molecular formula is C32H33Cl2N5O6. The van der Waals surface area contributed by atoms with Gasteiger partial charge in [0.15, 0.2) is 5.65 Å². The van der Waals surface area contributed by atoms with Crippen LogP contribution in [-0.2, 0) is 11.3 Å². The lowest BCUT2D eigenvalue weighted by atomic mass is 9.91.